The van der Waals surface area contributed by atoms with E-state index in [1.54, 1.807) is 12.1 Å². The van der Waals surface area contributed by atoms with Gasteiger partial charge in [-0.05, 0) is 81.4 Å². The first-order valence-electron chi connectivity index (χ1n) is 9.66. The molecule has 2 N–H and O–H groups in total. The smallest absolute Gasteiger partial charge is 0.261 e. The number of hydrogen-bond acceptors (Lipinski definition) is 4. The number of anilines is 1. The van der Waals surface area contributed by atoms with Crippen molar-refractivity contribution in [3.8, 4) is 0 Å². The zero-order chi connectivity index (χ0) is 21.8. The molecule has 1 atom stereocenters. The minimum absolute atomic E-state index is 0.112. The normalized spacial score (nSPS) is 12.8. The molecule has 0 fully saturated rings. The quantitative estimate of drug-likeness (QED) is 0.690. The lowest BCUT2D eigenvalue weighted by Crippen LogP contribution is -2.43. The highest BCUT2D eigenvalue weighted by atomic mass is 32.2. The fourth-order valence-corrected chi connectivity index (χ4v) is 4.17. The molecule has 0 aromatic heterocycles. The number of likely N-dealkylation sites (N-methyl/N-ethyl adjacent to an activating group) is 1. The van der Waals surface area contributed by atoms with E-state index in [2.05, 4.69) is 28.8 Å². The summed E-state index contributed by atoms with van der Waals surface area (Å²) >= 11 is 0. The summed E-state index contributed by atoms with van der Waals surface area (Å²) < 4.78 is 27.8. The number of carbonyl (C=O) groups excluding carboxylic acids is 1. The van der Waals surface area contributed by atoms with Gasteiger partial charge in [0.1, 0.15) is 0 Å². The highest BCUT2D eigenvalue weighted by Gasteiger charge is 2.18. The Morgan fingerprint density at radius 3 is 2.14 bits per heavy atom. The van der Waals surface area contributed by atoms with Crippen LogP contribution in [0.3, 0.4) is 0 Å². The molecule has 0 aliphatic heterocycles. The third-order valence-electron chi connectivity index (χ3n) is 5.09. The third-order valence-corrected chi connectivity index (χ3v) is 6.49. The average molecular weight is 418 g/mol. The molecule has 1 amide bonds. The number of benzene rings is 2. The van der Waals surface area contributed by atoms with Crippen LogP contribution in [0.4, 0.5) is 5.69 Å². The van der Waals surface area contributed by atoms with Crippen molar-refractivity contribution < 1.29 is 13.2 Å². The van der Waals surface area contributed by atoms with E-state index in [1.807, 2.05) is 34.0 Å². The highest BCUT2D eigenvalue weighted by molar-refractivity contribution is 7.92. The van der Waals surface area contributed by atoms with Gasteiger partial charge in [-0.1, -0.05) is 19.9 Å². The largest absolute Gasteiger partial charge is 0.350 e. The zero-order valence-corrected chi connectivity index (χ0v) is 18.8. The molecule has 0 unspecified atom stereocenters. The van der Waals surface area contributed by atoms with E-state index < -0.39 is 10.0 Å². The molecule has 6 nitrogen and oxygen atoms in total. The van der Waals surface area contributed by atoms with Crippen molar-refractivity contribution in [3.05, 3.63) is 59.2 Å². The average Bonchev–Trinajstić information content (AvgIpc) is 2.64. The Morgan fingerprint density at radius 1 is 1.00 bits per heavy atom. The Hall–Kier alpha value is -2.38. The third kappa shape index (κ3) is 6.05. The molecule has 0 heterocycles. The van der Waals surface area contributed by atoms with E-state index >= 15 is 0 Å². The minimum Gasteiger partial charge on any atom is -0.350 e. The highest BCUT2D eigenvalue weighted by Crippen LogP contribution is 2.19. The van der Waals surface area contributed by atoms with E-state index in [0.717, 1.165) is 11.1 Å². The Bertz CT molecular complexity index is 944. The van der Waals surface area contributed by atoms with Gasteiger partial charge < -0.3 is 10.2 Å². The number of carbonyl (C=O) groups is 1. The van der Waals surface area contributed by atoms with E-state index in [9.17, 15) is 13.2 Å². The van der Waals surface area contributed by atoms with Gasteiger partial charge in [-0.2, -0.15) is 0 Å². The topological polar surface area (TPSA) is 78.5 Å². The summed E-state index contributed by atoms with van der Waals surface area (Å²) in [4.78, 5) is 14.6. The molecule has 2 aromatic rings. The van der Waals surface area contributed by atoms with Crippen LogP contribution in [0.5, 0.6) is 0 Å². The van der Waals surface area contributed by atoms with Crippen LogP contribution in [-0.2, 0) is 10.0 Å². The van der Waals surface area contributed by atoms with Crippen LogP contribution in [0, 0.1) is 19.8 Å². The maximum atomic E-state index is 12.6. The number of aryl methyl sites for hydroxylation is 2. The standard InChI is InChI=1S/C22H31N3O3S/c1-15(2)21(25(5)6)14-23-22(26)18-8-11-20(12-9-18)29(27,28)24-19-10-7-16(3)17(4)13-19/h7-13,15,21,24H,14H2,1-6H3,(H,23,26)/t21-/m1/s1. The van der Waals surface area contributed by atoms with Crippen molar-refractivity contribution >= 4 is 21.6 Å². The lowest BCUT2D eigenvalue weighted by atomic mass is 10.0. The fourth-order valence-electron chi connectivity index (χ4n) is 3.12. The monoisotopic (exact) mass is 417 g/mol. The molecule has 0 spiro atoms. The summed E-state index contributed by atoms with van der Waals surface area (Å²) in [5.41, 5.74) is 3.04. The molecule has 0 bridgehead atoms. The lowest BCUT2D eigenvalue weighted by Gasteiger charge is -2.28. The second kappa shape index (κ2) is 9.41. The second-order valence-corrected chi connectivity index (χ2v) is 9.60. The number of nitrogens with one attached hydrogen (secondary N) is 2. The van der Waals surface area contributed by atoms with Crippen LogP contribution in [0.1, 0.15) is 35.3 Å². The fraction of sp³-hybridized carbons (Fsp3) is 0.409. The first-order valence-corrected chi connectivity index (χ1v) is 11.1. The number of nitrogens with zero attached hydrogens (tertiary/aromatic N) is 1. The molecule has 7 heteroatoms. The van der Waals surface area contributed by atoms with Crippen LogP contribution in [-0.4, -0.2) is 45.9 Å². The van der Waals surface area contributed by atoms with Gasteiger partial charge in [-0.15, -0.1) is 0 Å². The second-order valence-electron chi connectivity index (χ2n) is 7.91. The minimum atomic E-state index is -3.72. The molecule has 0 saturated carbocycles. The van der Waals surface area contributed by atoms with Crippen molar-refractivity contribution in [1.29, 1.82) is 0 Å². The van der Waals surface area contributed by atoms with Gasteiger partial charge in [0.15, 0.2) is 0 Å². The van der Waals surface area contributed by atoms with Crippen LogP contribution >= 0.6 is 0 Å². The van der Waals surface area contributed by atoms with Crippen LogP contribution < -0.4 is 10.0 Å². The maximum Gasteiger partial charge on any atom is 0.261 e. The van der Waals surface area contributed by atoms with Crippen molar-refractivity contribution in [2.45, 2.75) is 38.6 Å². The van der Waals surface area contributed by atoms with Gasteiger partial charge in [0.2, 0.25) is 0 Å². The summed E-state index contributed by atoms with van der Waals surface area (Å²) in [6, 6.07) is 11.6. The van der Waals surface area contributed by atoms with Gasteiger partial charge in [-0.25, -0.2) is 8.42 Å². The summed E-state index contributed by atoms with van der Waals surface area (Å²) in [5.74, 6) is 0.179. The van der Waals surface area contributed by atoms with Crippen molar-refractivity contribution in [1.82, 2.24) is 10.2 Å². The van der Waals surface area contributed by atoms with Crippen molar-refractivity contribution in [2.75, 3.05) is 25.4 Å². The predicted molar refractivity (Wildman–Crippen MR) is 118 cm³/mol. The SMILES string of the molecule is Cc1ccc(NS(=O)(=O)c2ccc(C(=O)NC[C@H](C(C)C)N(C)C)cc2)cc1C. The number of rotatable bonds is 8. The van der Waals surface area contributed by atoms with E-state index in [1.165, 1.54) is 24.3 Å². The Balaban J connectivity index is 2.08. The maximum absolute atomic E-state index is 12.6. The summed E-state index contributed by atoms with van der Waals surface area (Å²) in [6.07, 6.45) is 0. The van der Waals surface area contributed by atoms with Gasteiger partial charge in [0, 0.05) is 23.8 Å². The van der Waals surface area contributed by atoms with Gasteiger partial charge >= 0.3 is 0 Å². The molecule has 0 aliphatic rings. The van der Waals surface area contributed by atoms with Gasteiger partial charge in [0.05, 0.1) is 4.90 Å². The van der Waals surface area contributed by atoms with Crippen molar-refractivity contribution in [2.24, 2.45) is 5.92 Å². The molecule has 0 radical (unpaired) electrons. The lowest BCUT2D eigenvalue weighted by molar-refractivity contribution is 0.0934. The molecule has 0 saturated heterocycles. The summed E-state index contributed by atoms with van der Waals surface area (Å²) in [7, 11) is 0.248. The number of amides is 1. The molecule has 158 valence electrons. The van der Waals surface area contributed by atoms with E-state index in [0.29, 0.717) is 23.7 Å². The molecule has 29 heavy (non-hydrogen) atoms. The molecule has 2 rings (SSSR count). The molecular weight excluding hydrogens is 386 g/mol. The Kier molecular flexibility index (Phi) is 7.43. The van der Waals surface area contributed by atoms with Crippen LogP contribution in [0.15, 0.2) is 47.4 Å². The molecular formula is C22H31N3O3S. The zero-order valence-electron chi connectivity index (χ0n) is 18.0. The van der Waals surface area contributed by atoms with Crippen molar-refractivity contribution in [3.63, 3.8) is 0 Å². The molecule has 0 aliphatic carbocycles. The van der Waals surface area contributed by atoms with Gasteiger partial charge in [0.25, 0.3) is 15.9 Å². The first kappa shape index (κ1) is 22.9. The van der Waals surface area contributed by atoms with E-state index in [4.69, 9.17) is 0 Å². The molecule has 2 aromatic carbocycles. The van der Waals surface area contributed by atoms with E-state index in [-0.39, 0.29) is 16.8 Å². The van der Waals surface area contributed by atoms with Crippen LogP contribution in [0.25, 0.3) is 0 Å². The number of sulfonamides is 1. The number of hydrogen-bond donors (Lipinski definition) is 2. The summed E-state index contributed by atoms with van der Waals surface area (Å²) in [5, 5.41) is 2.93. The first-order chi connectivity index (χ1) is 13.5. The van der Waals surface area contributed by atoms with Crippen LogP contribution in [0.2, 0.25) is 0 Å². The Morgan fingerprint density at radius 2 is 1.62 bits per heavy atom. The van der Waals surface area contributed by atoms with Gasteiger partial charge in [-0.3, -0.25) is 9.52 Å². The summed E-state index contributed by atoms with van der Waals surface area (Å²) in [6.45, 7) is 8.65. The Labute approximate surface area is 174 Å². The predicted octanol–water partition coefficient (Wildman–Crippen LogP) is 3.42.